The second kappa shape index (κ2) is 14.4. The van der Waals surface area contributed by atoms with E-state index in [-0.39, 0.29) is 48.9 Å². The van der Waals surface area contributed by atoms with Gasteiger partial charge in [-0.1, -0.05) is 17.7 Å². The minimum absolute atomic E-state index is 0.0487. The first-order chi connectivity index (χ1) is 21.1. The number of piperidine rings is 1. The SMILES string of the molecule is O=C(CCCCS(=O)(=O)O)N1CCN(C(=O)Cc2ccc(OCCCC3CCN(c4ncc(Cl)cn4)CC3)cc2F)C2CC21. The molecule has 1 aromatic heterocycles. The zero-order valence-electron chi connectivity index (χ0n) is 24.6. The van der Waals surface area contributed by atoms with Crippen molar-refractivity contribution in [1.29, 1.82) is 0 Å². The van der Waals surface area contributed by atoms with Gasteiger partial charge in [-0.25, -0.2) is 14.4 Å². The van der Waals surface area contributed by atoms with E-state index in [1.807, 2.05) is 0 Å². The van der Waals surface area contributed by atoms with E-state index in [1.165, 1.54) is 6.07 Å². The van der Waals surface area contributed by atoms with Gasteiger partial charge < -0.3 is 19.4 Å². The van der Waals surface area contributed by atoms with Gasteiger partial charge in [0.1, 0.15) is 11.6 Å². The number of rotatable bonds is 13. The maximum atomic E-state index is 14.9. The number of carbonyl (C=O) groups is 2. The van der Waals surface area contributed by atoms with Gasteiger partial charge in [-0.2, -0.15) is 8.42 Å². The van der Waals surface area contributed by atoms with E-state index in [0.717, 1.165) is 38.8 Å². The van der Waals surface area contributed by atoms with Crippen LogP contribution in [0.15, 0.2) is 30.6 Å². The first-order valence-electron chi connectivity index (χ1n) is 15.2. The van der Waals surface area contributed by atoms with Crippen molar-refractivity contribution in [3.05, 3.63) is 47.0 Å². The fourth-order valence-electron chi connectivity index (χ4n) is 6.19. The maximum Gasteiger partial charge on any atom is 0.264 e. The Morgan fingerprint density at radius 2 is 1.68 bits per heavy atom. The summed E-state index contributed by atoms with van der Waals surface area (Å²) in [6.45, 7) is 3.07. The summed E-state index contributed by atoms with van der Waals surface area (Å²) in [4.78, 5) is 39.9. The molecule has 0 radical (unpaired) electrons. The maximum absolute atomic E-state index is 14.9. The Bertz CT molecular complexity index is 1420. The molecule has 2 aliphatic heterocycles. The largest absolute Gasteiger partial charge is 0.493 e. The first kappa shape index (κ1) is 32.4. The van der Waals surface area contributed by atoms with E-state index >= 15 is 0 Å². The summed E-state index contributed by atoms with van der Waals surface area (Å²) >= 11 is 5.88. The van der Waals surface area contributed by atoms with E-state index in [2.05, 4.69) is 14.9 Å². The van der Waals surface area contributed by atoms with Crippen LogP contribution in [-0.4, -0.2) is 95.2 Å². The number of aromatic nitrogens is 2. The van der Waals surface area contributed by atoms with E-state index in [4.69, 9.17) is 20.9 Å². The van der Waals surface area contributed by atoms with Gasteiger partial charge in [0.15, 0.2) is 0 Å². The molecule has 44 heavy (non-hydrogen) atoms. The van der Waals surface area contributed by atoms with E-state index in [9.17, 15) is 22.4 Å². The van der Waals surface area contributed by atoms with Crippen LogP contribution in [0.3, 0.4) is 0 Å². The van der Waals surface area contributed by atoms with Gasteiger partial charge in [0.25, 0.3) is 10.1 Å². The van der Waals surface area contributed by atoms with Crippen LogP contribution in [0.25, 0.3) is 0 Å². The lowest BCUT2D eigenvalue weighted by Gasteiger charge is -2.34. The summed E-state index contributed by atoms with van der Waals surface area (Å²) in [5.74, 6) is 0.673. The zero-order valence-corrected chi connectivity index (χ0v) is 26.2. The third-order valence-electron chi connectivity index (χ3n) is 8.69. The number of unbranched alkanes of at least 4 members (excludes halogenated alkanes) is 1. The fourth-order valence-corrected chi connectivity index (χ4v) is 6.85. The van der Waals surface area contributed by atoms with Gasteiger partial charge in [0.05, 0.1) is 48.3 Å². The Kier molecular flexibility index (Phi) is 10.6. The highest BCUT2D eigenvalue weighted by Crippen LogP contribution is 2.37. The number of hydrogen-bond donors (Lipinski definition) is 1. The predicted octanol–water partition coefficient (Wildman–Crippen LogP) is 3.76. The Labute approximate surface area is 262 Å². The number of ether oxygens (including phenoxy) is 1. The first-order valence-corrected chi connectivity index (χ1v) is 17.2. The van der Waals surface area contributed by atoms with Crippen molar-refractivity contribution < 1.29 is 31.7 Å². The molecule has 2 amide bonds. The lowest BCUT2D eigenvalue weighted by molar-refractivity contribution is -0.139. The molecule has 11 nitrogen and oxygen atoms in total. The summed E-state index contributed by atoms with van der Waals surface area (Å²) in [5.41, 5.74) is 0.313. The van der Waals surface area contributed by atoms with Crippen LogP contribution in [0.2, 0.25) is 5.02 Å². The highest BCUT2D eigenvalue weighted by Gasteiger charge is 2.51. The van der Waals surface area contributed by atoms with E-state index in [1.54, 1.807) is 34.3 Å². The topological polar surface area (TPSA) is 133 Å². The number of anilines is 1. The van der Waals surface area contributed by atoms with Crippen molar-refractivity contribution in [2.45, 2.75) is 69.9 Å². The zero-order chi connectivity index (χ0) is 31.3. The molecule has 2 atom stereocenters. The van der Waals surface area contributed by atoms with Crippen LogP contribution in [0.5, 0.6) is 5.75 Å². The van der Waals surface area contributed by atoms with Crippen molar-refractivity contribution in [2.75, 3.05) is 43.4 Å². The number of nitrogens with zero attached hydrogens (tertiary/aromatic N) is 5. The highest BCUT2D eigenvalue weighted by atomic mass is 35.5. The second-order valence-corrected chi connectivity index (χ2v) is 13.8. The quantitative estimate of drug-likeness (QED) is 0.254. The van der Waals surface area contributed by atoms with Crippen LogP contribution < -0.4 is 9.64 Å². The molecule has 14 heteroatoms. The lowest BCUT2D eigenvalue weighted by atomic mass is 9.92. The van der Waals surface area contributed by atoms with Crippen molar-refractivity contribution in [1.82, 2.24) is 19.8 Å². The van der Waals surface area contributed by atoms with Gasteiger partial charge in [0, 0.05) is 38.7 Å². The highest BCUT2D eigenvalue weighted by molar-refractivity contribution is 7.85. The van der Waals surface area contributed by atoms with Crippen molar-refractivity contribution in [3.63, 3.8) is 0 Å². The van der Waals surface area contributed by atoms with Crippen molar-refractivity contribution in [2.24, 2.45) is 5.92 Å². The lowest BCUT2D eigenvalue weighted by Crippen LogP contribution is -2.51. The average molecular weight is 652 g/mol. The van der Waals surface area contributed by atoms with Crippen LogP contribution in [0, 0.1) is 11.7 Å². The summed E-state index contributed by atoms with van der Waals surface area (Å²) in [5, 5.41) is 0.525. The minimum atomic E-state index is -4.03. The molecule has 2 saturated heterocycles. The Hall–Kier alpha value is -3.03. The van der Waals surface area contributed by atoms with Gasteiger partial charge in [-0.3, -0.25) is 14.1 Å². The Morgan fingerprint density at radius 3 is 2.34 bits per heavy atom. The van der Waals surface area contributed by atoms with E-state index in [0.29, 0.717) is 60.7 Å². The smallest absolute Gasteiger partial charge is 0.264 e. The molecule has 3 fully saturated rings. The molecular weight excluding hydrogens is 613 g/mol. The van der Waals surface area contributed by atoms with Crippen molar-refractivity contribution >= 4 is 39.5 Å². The molecule has 5 rings (SSSR count). The standard InChI is InChI=1S/C30H39ClFN5O6S/c31-23-19-33-30(34-20-23)35-10-8-21(9-11-35)4-3-14-43-24-7-6-22(25(32)17-24)16-29(39)37-13-12-36(26-18-27(26)37)28(38)5-1-2-15-44(40,41)42/h6-7,17,19-21,26-27H,1-5,8-16,18H2,(H,40,41,42). The van der Waals surface area contributed by atoms with Crippen LogP contribution in [-0.2, 0) is 26.1 Å². The molecule has 1 N–H and O–H groups in total. The summed E-state index contributed by atoms with van der Waals surface area (Å²) in [7, 11) is -4.03. The van der Waals surface area contributed by atoms with Crippen LogP contribution >= 0.6 is 11.6 Å². The monoisotopic (exact) mass is 651 g/mol. The molecule has 1 aliphatic carbocycles. The van der Waals surface area contributed by atoms with Gasteiger partial charge >= 0.3 is 0 Å². The van der Waals surface area contributed by atoms with Gasteiger partial charge in [0.2, 0.25) is 17.8 Å². The molecule has 240 valence electrons. The fraction of sp³-hybridized carbons (Fsp3) is 0.600. The molecule has 0 bridgehead atoms. The number of benzene rings is 1. The number of amides is 2. The Morgan fingerprint density at radius 1 is 1.00 bits per heavy atom. The summed E-state index contributed by atoms with van der Waals surface area (Å²) in [6.07, 6.45) is 8.64. The number of piperazine rings is 1. The average Bonchev–Trinajstić information content (AvgIpc) is 3.80. The molecule has 1 saturated carbocycles. The van der Waals surface area contributed by atoms with Crippen LogP contribution in [0.1, 0.15) is 56.9 Å². The molecule has 0 spiro atoms. The molecular formula is C30H39ClFN5O6S. The minimum Gasteiger partial charge on any atom is -0.493 e. The van der Waals surface area contributed by atoms with Crippen molar-refractivity contribution in [3.8, 4) is 5.75 Å². The number of fused-ring (bicyclic) bond motifs is 1. The number of carbonyl (C=O) groups excluding carboxylic acids is 2. The normalized spacial score (nSPS) is 20.4. The predicted molar refractivity (Wildman–Crippen MR) is 163 cm³/mol. The molecule has 3 aliphatic rings. The van der Waals surface area contributed by atoms with Gasteiger partial charge in [-0.15, -0.1) is 0 Å². The molecule has 2 aromatic rings. The number of halogens is 2. The van der Waals surface area contributed by atoms with Crippen LogP contribution in [0.4, 0.5) is 10.3 Å². The van der Waals surface area contributed by atoms with E-state index < -0.39 is 15.9 Å². The molecule has 2 unspecified atom stereocenters. The summed E-state index contributed by atoms with van der Waals surface area (Å²) in [6, 6.07) is 4.53. The molecule has 3 heterocycles. The number of hydrogen-bond acceptors (Lipinski definition) is 8. The summed E-state index contributed by atoms with van der Waals surface area (Å²) < 4.78 is 51.2. The van der Waals surface area contributed by atoms with Gasteiger partial charge in [-0.05, 0) is 62.5 Å². The third-order valence-corrected chi connectivity index (χ3v) is 9.69. The third kappa shape index (κ3) is 8.79. The molecule has 1 aromatic carbocycles. The second-order valence-electron chi connectivity index (χ2n) is 11.8. The Balaban J connectivity index is 0.992.